The van der Waals surface area contributed by atoms with Crippen molar-refractivity contribution < 1.29 is 9.21 Å². The highest BCUT2D eigenvalue weighted by Crippen LogP contribution is 2.30. The Labute approximate surface area is 154 Å². The number of aromatic nitrogens is 2. The molecule has 128 valence electrons. The van der Waals surface area contributed by atoms with Crippen LogP contribution in [-0.2, 0) is 0 Å². The highest BCUT2D eigenvalue weighted by Gasteiger charge is 2.15. The van der Waals surface area contributed by atoms with Gasteiger partial charge < -0.3 is 9.32 Å². The van der Waals surface area contributed by atoms with Crippen molar-refractivity contribution in [3.8, 4) is 11.5 Å². The summed E-state index contributed by atoms with van der Waals surface area (Å²) in [6, 6.07) is 12.0. The van der Waals surface area contributed by atoms with Gasteiger partial charge in [-0.25, -0.2) is 0 Å². The molecule has 8 heteroatoms. The van der Waals surface area contributed by atoms with E-state index in [0.29, 0.717) is 21.2 Å². The van der Waals surface area contributed by atoms with Crippen LogP contribution in [0, 0.1) is 0 Å². The fourth-order valence-electron chi connectivity index (χ4n) is 2.13. The lowest BCUT2D eigenvalue weighted by molar-refractivity contribution is 0.102. The Morgan fingerprint density at radius 3 is 2.44 bits per heavy atom. The molecule has 1 N–H and O–H groups in total. The number of halogens is 2. The minimum Gasteiger partial charge on any atom is -0.403 e. The molecule has 0 aliphatic rings. The van der Waals surface area contributed by atoms with Crippen LogP contribution in [0.15, 0.2) is 46.9 Å². The Kier molecular flexibility index (Phi) is 4.92. The summed E-state index contributed by atoms with van der Waals surface area (Å²) < 4.78 is 5.45. The predicted octanol–water partition coefficient (Wildman–Crippen LogP) is 4.36. The van der Waals surface area contributed by atoms with E-state index < -0.39 is 0 Å². The first-order valence-corrected chi connectivity index (χ1v) is 8.07. The van der Waals surface area contributed by atoms with Crippen LogP contribution < -0.4 is 10.2 Å². The minimum absolute atomic E-state index is 0.0114. The van der Waals surface area contributed by atoms with Gasteiger partial charge in [-0.3, -0.25) is 10.1 Å². The van der Waals surface area contributed by atoms with Gasteiger partial charge >= 0.3 is 6.01 Å². The third kappa shape index (κ3) is 3.92. The second kappa shape index (κ2) is 7.13. The number of hydrogen-bond acceptors (Lipinski definition) is 5. The molecule has 1 heterocycles. The summed E-state index contributed by atoms with van der Waals surface area (Å²) >= 11 is 12.0. The lowest BCUT2D eigenvalue weighted by Gasteiger charge is -2.12. The summed E-state index contributed by atoms with van der Waals surface area (Å²) in [6.07, 6.45) is 0. The summed E-state index contributed by atoms with van der Waals surface area (Å²) in [4.78, 5) is 14.2. The van der Waals surface area contributed by atoms with E-state index in [-0.39, 0.29) is 17.8 Å². The summed E-state index contributed by atoms with van der Waals surface area (Å²) in [5, 5.41) is 11.2. The minimum atomic E-state index is -0.345. The molecule has 0 spiro atoms. The van der Waals surface area contributed by atoms with Gasteiger partial charge in [0.15, 0.2) is 0 Å². The normalized spacial score (nSPS) is 10.6. The molecule has 2 aromatic carbocycles. The van der Waals surface area contributed by atoms with E-state index in [1.54, 1.807) is 30.3 Å². The molecule has 0 aliphatic heterocycles. The topological polar surface area (TPSA) is 71.3 Å². The number of anilines is 2. The van der Waals surface area contributed by atoms with Crippen LogP contribution in [0.4, 0.5) is 11.7 Å². The largest absolute Gasteiger partial charge is 0.403 e. The van der Waals surface area contributed by atoms with Crippen molar-refractivity contribution in [1.29, 1.82) is 0 Å². The van der Waals surface area contributed by atoms with Gasteiger partial charge in [-0.2, -0.15) is 0 Å². The predicted molar refractivity (Wildman–Crippen MR) is 98.5 cm³/mol. The Balaban J connectivity index is 1.75. The molecule has 0 radical (unpaired) electrons. The molecular formula is C17H14Cl2N4O2. The van der Waals surface area contributed by atoms with Crippen LogP contribution in [-0.4, -0.2) is 30.2 Å². The molecule has 0 saturated carbocycles. The van der Waals surface area contributed by atoms with Crippen molar-refractivity contribution in [2.45, 2.75) is 0 Å². The summed E-state index contributed by atoms with van der Waals surface area (Å²) in [7, 11) is 3.86. The van der Waals surface area contributed by atoms with Crippen LogP contribution >= 0.6 is 23.2 Å². The monoisotopic (exact) mass is 376 g/mol. The quantitative estimate of drug-likeness (QED) is 0.732. The molecule has 3 rings (SSSR count). The van der Waals surface area contributed by atoms with Crippen molar-refractivity contribution >= 4 is 40.8 Å². The molecule has 0 fully saturated rings. The first-order valence-electron chi connectivity index (χ1n) is 7.31. The van der Waals surface area contributed by atoms with Gasteiger partial charge in [-0.15, -0.1) is 5.10 Å². The smallest absolute Gasteiger partial charge is 0.322 e. The highest BCUT2D eigenvalue weighted by molar-refractivity contribution is 6.36. The van der Waals surface area contributed by atoms with E-state index in [4.69, 9.17) is 27.6 Å². The molecule has 1 amide bonds. The first kappa shape index (κ1) is 17.3. The second-order valence-electron chi connectivity index (χ2n) is 5.43. The standard InChI is InChI=1S/C17H14Cl2N4O2/c1-23(2)12-6-3-10(4-7-12)15(24)20-17-22-21-16(25-17)13-8-5-11(18)9-14(13)19/h3-9H,1-2H3,(H,20,22,24). The Hall–Kier alpha value is -2.57. The number of rotatable bonds is 4. The zero-order chi connectivity index (χ0) is 18.0. The van der Waals surface area contributed by atoms with Crippen LogP contribution in [0.2, 0.25) is 10.0 Å². The molecule has 0 bridgehead atoms. The average Bonchev–Trinajstić information content (AvgIpc) is 3.03. The maximum absolute atomic E-state index is 12.3. The summed E-state index contributed by atoms with van der Waals surface area (Å²) in [5.74, 6) is -0.150. The van der Waals surface area contributed by atoms with Gasteiger partial charge in [0.05, 0.1) is 10.6 Å². The molecular weight excluding hydrogens is 363 g/mol. The van der Waals surface area contributed by atoms with E-state index in [0.717, 1.165) is 5.69 Å². The van der Waals surface area contributed by atoms with Crippen molar-refractivity contribution in [2.24, 2.45) is 0 Å². The SMILES string of the molecule is CN(C)c1ccc(C(=O)Nc2nnc(-c3ccc(Cl)cc3Cl)o2)cc1. The maximum Gasteiger partial charge on any atom is 0.322 e. The van der Waals surface area contributed by atoms with Crippen LogP contribution in [0.1, 0.15) is 10.4 Å². The molecule has 0 atom stereocenters. The molecule has 0 unspecified atom stereocenters. The fraction of sp³-hybridized carbons (Fsp3) is 0.118. The summed E-state index contributed by atoms with van der Waals surface area (Å²) in [5.41, 5.74) is 2.01. The lowest BCUT2D eigenvalue weighted by Crippen LogP contribution is -2.13. The van der Waals surface area contributed by atoms with Gasteiger partial charge in [0.2, 0.25) is 0 Å². The molecule has 25 heavy (non-hydrogen) atoms. The molecule has 6 nitrogen and oxygen atoms in total. The number of carbonyl (C=O) groups is 1. The number of carbonyl (C=O) groups excluding carboxylic acids is 1. The Bertz CT molecular complexity index is 907. The van der Waals surface area contributed by atoms with Gasteiger partial charge in [-0.1, -0.05) is 28.3 Å². The van der Waals surface area contributed by atoms with E-state index in [1.165, 1.54) is 0 Å². The van der Waals surface area contributed by atoms with Crippen LogP contribution in [0.5, 0.6) is 0 Å². The van der Waals surface area contributed by atoms with Gasteiger partial charge in [-0.05, 0) is 42.5 Å². The lowest BCUT2D eigenvalue weighted by atomic mass is 10.2. The second-order valence-corrected chi connectivity index (χ2v) is 6.28. The number of nitrogens with zero attached hydrogens (tertiary/aromatic N) is 3. The van der Waals surface area contributed by atoms with Gasteiger partial charge in [0, 0.05) is 30.4 Å². The van der Waals surface area contributed by atoms with Crippen LogP contribution in [0.25, 0.3) is 11.5 Å². The average molecular weight is 377 g/mol. The van der Waals surface area contributed by atoms with Crippen molar-refractivity contribution in [2.75, 3.05) is 24.3 Å². The Morgan fingerprint density at radius 1 is 1.08 bits per heavy atom. The zero-order valence-corrected chi connectivity index (χ0v) is 15.0. The maximum atomic E-state index is 12.3. The van der Waals surface area contributed by atoms with Crippen molar-refractivity contribution in [3.05, 3.63) is 58.1 Å². The Morgan fingerprint density at radius 2 is 1.80 bits per heavy atom. The number of amides is 1. The number of hydrogen-bond donors (Lipinski definition) is 1. The van der Waals surface area contributed by atoms with Crippen LogP contribution in [0.3, 0.4) is 0 Å². The molecule has 0 saturated heterocycles. The van der Waals surface area contributed by atoms with E-state index in [1.807, 2.05) is 31.1 Å². The molecule has 1 aromatic heterocycles. The summed E-state index contributed by atoms with van der Waals surface area (Å²) in [6.45, 7) is 0. The zero-order valence-electron chi connectivity index (χ0n) is 13.5. The van der Waals surface area contributed by atoms with Crippen molar-refractivity contribution in [1.82, 2.24) is 10.2 Å². The van der Waals surface area contributed by atoms with E-state index in [9.17, 15) is 4.79 Å². The molecule has 0 aliphatic carbocycles. The van der Waals surface area contributed by atoms with Gasteiger partial charge in [0.1, 0.15) is 0 Å². The molecule has 3 aromatic rings. The number of nitrogens with one attached hydrogen (secondary N) is 1. The third-order valence-corrected chi connectivity index (χ3v) is 4.00. The number of benzene rings is 2. The van der Waals surface area contributed by atoms with E-state index >= 15 is 0 Å². The highest BCUT2D eigenvalue weighted by atomic mass is 35.5. The first-order chi connectivity index (χ1) is 11.9. The fourth-order valence-corrected chi connectivity index (χ4v) is 2.62. The third-order valence-electron chi connectivity index (χ3n) is 3.45. The van der Waals surface area contributed by atoms with Crippen molar-refractivity contribution in [3.63, 3.8) is 0 Å². The van der Waals surface area contributed by atoms with Gasteiger partial charge in [0.25, 0.3) is 11.8 Å². The van der Waals surface area contributed by atoms with E-state index in [2.05, 4.69) is 15.5 Å².